The number of fused-ring (bicyclic) bond motifs is 3. The second kappa shape index (κ2) is 8.46. The normalized spacial score (nSPS) is 11.0. The summed E-state index contributed by atoms with van der Waals surface area (Å²) in [5.74, 6) is 0.427. The number of halogens is 1. The largest absolute Gasteiger partial charge is 0.493 e. The van der Waals surface area contributed by atoms with Crippen LogP contribution in [-0.2, 0) is 6.61 Å². The van der Waals surface area contributed by atoms with E-state index < -0.39 is 5.56 Å². The third-order valence-corrected chi connectivity index (χ3v) is 6.04. The molecule has 34 heavy (non-hydrogen) atoms. The zero-order chi connectivity index (χ0) is 23.8. The van der Waals surface area contributed by atoms with Crippen LogP contribution in [-0.4, -0.2) is 21.5 Å². The monoisotopic (exact) mass is 473 g/mol. The zero-order valence-electron chi connectivity index (χ0n) is 17.8. The number of methoxy groups -OCH3 is 1. The minimum atomic E-state index is -0.512. The first kappa shape index (κ1) is 21.4. The van der Waals surface area contributed by atoms with Gasteiger partial charge in [-0.3, -0.25) is 9.20 Å². The molecule has 0 bridgehead atoms. The van der Waals surface area contributed by atoms with Crippen molar-refractivity contribution in [2.45, 2.75) is 6.61 Å². The minimum Gasteiger partial charge on any atom is -0.493 e. The molecular weight excluding hydrogens is 457 g/mol. The zero-order valence-corrected chi connectivity index (χ0v) is 18.6. The maximum Gasteiger partial charge on any atom is 0.284 e. The highest BCUT2D eigenvalue weighted by molar-refractivity contribution is 7.15. The van der Waals surface area contributed by atoms with E-state index in [-0.39, 0.29) is 29.2 Å². The molecule has 2 aromatic carbocycles. The van der Waals surface area contributed by atoms with Crippen LogP contribution in [0.15, 0.2) is 58.8 Å². The standard InChI is InChI=1S/C24H16FN5O3S/c1-32-18-10-14(5-6-17(18)33-12-13-3-2-4-15(25)9-13)19-16(11-26)21(27)28-22-20(19)23(31)29-24-30(22)7-8-34-24/h2-10H,12H2,1H3,(H2,27,28). The number of nitrogen functional groups attached to an aromatic ring is 1. The fourth-order valence-corrected chi connectivity index (χ4v) is 4.46. The molecule has 3 aromatic heterocycles. The summed E-state index contributed by atoms with van der Waals surface area (Å²) >= 11 is 1.29. The lowest BCUT2D eigenvalue weighted by atomic mass is 9.97. The summed E-state index contributed by atoms with van der Waals surface area (Å²) in [6.07, 6.45) is 1.74. The molecule has 0 radical (unpaired) electrons. The van der Waals surface area contributed by atoms with Gasteiger partial charge in [-0.05, 0) is 35.4 Å². The van der Waals surface area contributed by atoms with E-state index in [4.69, 9.17) is 15.2 Å². The Balaban J connectivity index is 1.66. The van der Waals surface area contributed by atoms with Crippen molar-refractivity contribution in [3.8, 4) is 28.7 Å². The lowest BCUT2D eigenvalue weighted by molar-refractivity contribution is 0.284. The first-order valence-corrected chi connectivity index (χ1v) is 10.9. The molecule has 8 nitrogen and oxygen atoms in total. The quantitative estimate of drug-likeness (QED) is 0.408. The number of ether oxygens (including phenoxy) is 2. The molecular formula is C24H16FN5O3S. The van der Waals surface area contributed by atoms with E-state index >= 15 is 0 Å². The molecule has 168 valence electrons. The van der Waals surface area contributed by atoms with Crippen LogP contribution in [0.4, 0.5) is 10.2 Å². The van der Waals surface area contributed by atoms with Crippen molar-refractivity contribution < 1.29 is 13.9 Å². The Morgan fingerprint density at radius 2 is 2.06 bits per heavy atom. The van der Waals surface area contributed by atoms with Crippen molar-refractivity contribution in [1.29, 1.82) is 5.26 Å². The van der Waals surface area contributed by atoms with Crippen LogP contribution >= 0.6 is 11.3 Å². The topological polar surface area (TPSA) is 116 Å². The first-order valence-electron chi connectivity index (χ1n) is 10.0. The number of nitrogens with two attached hydrogens (primary N) is 1. The van der Waals surface area contributed by atoms with Gasteiger partial charge < -0.3 is 15.2 Å². The highest BCUT2D eigenvalue weighted by Gasteiger charge is 2.21. The average Bonchev–Trinajstić information content (AvgIpc) is 3.30. The van der Waals surface area contributed by atoms with Gasteiger partial charge in [-0.2, -0.15) is 10.2 Å². The molecule has 0 spiro atoms. The van der Waals surface area contributed by atoms with Gasteiger partial charge in [0, 0.05) is 17.1 Å². The van der Waals surface area contributed by atoms with Gasteiger partial charge in [-0.15, -0.1) is 11.3 Å². The maximum atomic E-state index is 13.5. The summed E-state index contributed by atoms with van der Waals surface area (Å²) in [5, 5.41) is 11.8. The second-order valence-electron chi connectivity index (χ2n) is 7.31. The summed E-state index contributed by atoms with van der Waals surface area (Å²) in [5.41, 5.74) is 7.47. The van der Waals surface area contributed by atoms with Gasteiger partial charge in [-0.1, -0.05) is 18.2 Å². The number of hydrogen-bond acceptors (Lipinski definition) is 8. The molecule has 0 saturated carbocycles. The third kappa shape index (κ3) is 3.58. The number of aromatic nitrogens is 3. The molecule has 0 saturated heterocycles. The Labute approximate surface area is 196 Å². The van der Waals surface area contributed by atoms with Gasteiger partial charge in [0.1, 0.15) is 29.9 Å². The van der Waals surface area contributed by atoms with Gasteiger partial charge in [0.05, 0.1) is 12.5 Å². The van der Waals surface area contributed by atoms with E-state index in [0.717, 1.165) is 0 Å². The Morgan fingerprint density at radius 3 is 2.82 bits per heavy atom. The number of thiazole rings is 1. The summed E-state index contributed by atoms with van der Waals surface area (Å²) in [4.78, 5) is 21.9. The van der Waals surface area contributed by atoms with Crippen molar-refractivity contribution in [3.63, 3.8) is 0 Å². The Bertz CT molecular complexity index is 1670. The van der Waals surface area contributed by atoms with E-state index in [1.54, 1.807) is 46.3 Å². The number of rotatable bonds is 5. The maximum absolute atomic E-state index is 13.5. The number of anilines is 1. The number of hydrogen-bond donors (Lipinski definition) is 1. The predicted octanol–water partition coefficient (Wildman–Crippen LogP) is 4.15. The molecule has 2 N–H and O–H groups in total. The summed E-state index contributed by atoms with van der Waals surface area (Å²) < 4.78 is 26.5. The highest BCUT2D eigenvalue weighted by atomic mass is 32.1. The van der Waals surface area contributed by atoms with Crippen LogP contribution in [0.25, 0.3) is 27.1 Å². The van der Waals surface area contributed by atoms with E-state index in [1.807, 2.05) is 0 Å². The Hall–Kier alpha value is -4.49. The molecule has 0 aliphatic rings. The molecule has 0 fully saturated rings. The lowest BCUT2D eigenvalue weighted by Gasteiger charge is -2.15. The molecule has 0 aliphatic heterocycles. The van der Waals surface area contributed by atoms with Crippen LogP contribution in [0.5, 0.6) is 11.5 Å². The number of nitrogens with zero attached hydrogens (tertiary/aromatic N) is 4. The molecule has 0 amide bonds. The molecule has 5 rings (SSSR count). The fraction of sp³-hybridized carbons (Fsp3) is 0.0833. The fourth-order valence-electron chi connectivity index (χ4n) is 3.76. The number of nitriles is 1. The Morgan fingerprint density at radius 1 is 1.21 bits per heavy atom. The number of pyridine rings is 1. The van der Waals surface area contributed by atoms with Crippen LogP contribution in [0.3, 0.4) is 0 Å². The second-order valence-corrected chi connectivity index (χ2v) is 8.19. The van der Waals surface area contributed by atoms with Gasteiger partial charge in [0.15, 0.2) is 22.1 Å². The van der Waals surface area contributed by atoms with Crippen LogP contribution in [0, 0.1) is 17.1 Å². The SMILES string of the molecule is COc1cc(-c2c(C#N)c(N)nc3c2c(=O)nc2sccn23)ccc1OCc1cccc(F)c1. The lowest BCUT2D eigenvalue weighted by Crippen LogP contribution is -2.13. The summed E-state index contributed by atoms with van der Waals surface area (Å²) in [6.45, 7) is 0.128. The van der Waals surface area contributed by atoms with Gasteiger partial charge in [0.2, 0.25) is 0 Å². The predicted molar refractivity (Wildman–Crippen MR) is 126 cm³/mol. The number of benzene rings is 2. The third-order valence-electron chi connectivity index (χ3n) is 5.28. The minimum absolute atomic E-state index is 0.000924. The van der Waals surface area contributed by atoms with E-state index in [2.05, 4.69) is 16.0 Å². The summed E-state index contributed by atoms with van der Waals surface area (Å²) in [7, 11) is 1.48. The van der Waals surface area contributed by atoms with Crippen molar-refractivity contribution in [3.05, 3.63) is 81.3 Å². The van der Waals surface area contributed by atoms with Crippen LogP contribution in [0.2, 0.25) is 0 Å². The smallest absolute Gasteiger partial charge is 0.284 e. The Kier molecular flexibility index (Phi) is 5.31. The average molecular weight is 473 g/mol. The molecule has 10 heteroatoms. The van der Waals surface area contributed by atoms with Gasteiger partial charge in [0.25, 0.3) is 5.56 Å². The van der Waals surface area contributed by atoms with Crippen molar-refractivity contribution >= 4 is 33.1 Å². The van der Waals surface area contributed by atoms with E-state index in [0.29, 0.717) is 38.8 Å². The summed E-state index contributed by atoms with van der Waals surface area (Å²) in [6, 6.07) is 13.2. The molecule has 3 heterocycles. The molecule has 0 atom stereocenters. The van der Waals surface area contributed by atoms with Gasteiger partial charge in [-0.25, -0.2) is 9.37 Å². The molecule has 0 aliphatic carbocycles. The van der Waals surface area contributed by atoms with E-state index in [1.165, 1.54) is 30.6 Å². The van der Waals surface area contributed by atoms with Crippen LogP contribution in [0.1, 0.15) is 11.1 Å². The van der Waals surface area contributed by atoms with Crippen molar-refractivity contribution in [2.75, 3.05) is 12.8 Å². The molecule has 0 unspecified atom stereocenters. The van der Waals surface area contributed by atoms with Crippen molar-refractivity contribution in [1.82, 2.24) is 14.4 Å². The van der Waals surface area contributed by atoms with E-state index in [9.17, 15) is 14.4 Å². The van der Waals surface area contributed by atoms with Gasteiger partial charge >= 0.3 is 0 Å². The first-order chi connectivity index (χ1) is 16.5. The van der Waals surface area contributed by atoms with Crippen LogP contribution < -0.4 is 20.8 Å². The van der Waals surface area contributed by atoms with Crippen molar-refractivity contribution in [2.24, 2.45) is 0 Å². The highest BCUT2D eigenvalue weighted by Crippen LogP contribution is 2.38. The molecule has 5 aromatic rings.